The van der Waals surface area contributed by atoms with Gasteiger partial charge in [0.1, 0.15) is 11.5 Å². The molecule has 496 valence electrons. The van der Waals surface area contributed by atoms with Crippen LogP contribution in [0.15, 0.2) is 24.3 Å². The molecule has 2 rings (SSSR count). The summed E-state index contributed by atoms with van der Waals surface area (Å²) in [6.07, 6.45) is 52.7. The third-order valence-electron chi connectivity index (χ3n) is 17.1. The van der Waals surface area contributed by atoms with Crippen molar-refractivity contribution in [3.8, 4) is 11.5 Å². The molecule has 85 heavy (non-hydrogen) atoms. The van der Waals surface area contributed by atoms with Crippen molar-refractivity contribution in [1.29, 1.82) is 0 Å². The SMILES string of the molecule is CCCCCCCCCCCCCc1c(OP(=O)(O)OP(=O)(O)O)ccc(C(C)(C)c2ccc(OP(=O)(O)OP(=O)(O)O)c(CCCCCCCCCCCCC)c2CCCCCCCCCCCCC)c1CCCCCCCCCCCCC. The fraction of sp³-hybridized carbons (Fsp3) is 0.821. The van der Waals surface area contributed by atoms with Gasteiger partial charge in [-0.1, -0.05) is 311 Å². The molecule has 6 N–H and O–H groups in total. The van der Waals surface area contributed by atoms with Gasteiger partial charge in [0, 0.05) is 5.41 Å². The van der Waals surface area contributed by atoms with Gasteiger partial charge in [-0.25, -0.2) is 18.3 Å². The van der Waals surface area contributed by atoms with Crippen LogP contribution in [0.1, 0.15) is 357 Å². The maximum atomic E-state index is 13.5. The van der Waals surface area contributed by atoms with Crippen LogP contribution in [0.25, 0.3) is 0 Å². The quantitative estimate of drug-likeness (QED) is 0.0268. The van der Waals surface area contributed by atoms with Gasteiger partial charge in [-0.05, 0) is 96.9 Å². The largest absolute Gasteiger partial charge is 0.536 e. The molecule has 0 bridgehead atoms. The lowest BCUT2D eigenvalue weighted by Gasteiger charge is -2.34. The maximum absolute atomic E-state index is 13.5. The first-order valence-electron chi connectivity index (χ1n) is 34.5. The molecule has 2 unspecified atom stereocenters. The number of phosphoric ester groups is 2. The average Bonchev–Trinajstić information content (AvgIpc) is 3.51. The summed E-state index contributed by atoms with van der Waals surface area (Å²) in [6.45, 7) is 13.3. The van der Waals surface area contributed by atoms with E-state index in [1.165, 1.54) is 180 Å². The molecule has 14 nitrogen and oxygen atoms in total. The normalized spacial score (nSPS) is 13.8. The van der Waals surface area contributed by atoms with Gasteiger partial charge in [0.05, 0.1) is 0 Å². The van der Waals surface area contributed by atoms with Gasteiger partial charge < -0.3 is 28.6 Å². The van der Waals surface area contributed by atoms with Gasteiger partial charge in [-0.15, -0.1) is 0 Å². The number of hydrogen-bond acceptors (Lipinski definition) is 8. The van der Waals surface area contributed by atoms with Crippen LogP contribution in [0.5, 0.6) is 11.5 Å². The number of hydrogen-bond donors (Lipinski definition) is 6. The maximum Gasteiger partial charge on any atom is 0.536 e. The van der Waals surface area contributed by atoms with E-state index in [1.54, 1.807) is 12.1 Å². The van der Waals surface area contributed by atoms with Crippen LogP contribution in [0.4, 0.5) is 0 Å². The van der Waals surface area contributed by atoms with Crippen molar-refractivity contribution in [3.63, 3.8) is 0 Å². The van der Waals surface area contributed by atoms with Gasteiger partial charge in [-0.3, -0.25) is 9.79 Å². The zero-order chi connectivity index (χ0) is 62.7. The molecule has 0 aromatic heterocycles. The molecule has 0 amide bonds. The molecule has 0 spiro atoms. The second-order valence-corrected chi connectivity index (χ2v) is 30.7. The van der Waals surface area contributed by atoms with Crippen molar-refractivity contribution in [1.82, 2.24) is 0 Å². The Balaban J connectivity index is 2.81. The summed E-state index contributed by atoms with van der Waals surface area (Å²) < 4.78 is 71.2. The summed E-state index contributed by atoms with van der Waals surface area (Å²) in [6, 6.07) is 7.08. The minimum atomic E-state index is -5.43. The summed E-state index contributed by atoms with van der Waals surface area (Å²) in [5.74, 6) is 0.102. The van der Waals surface area contributed by atoms with E-state index in [0.29, 0.717) is 36.8 Å². The Morgan fingerprint density at radius 1 is 0.294 bits per heavy atom. The molecule has 18 heteroatoms. The van der Waals surface area contributed by atoms with Crippen LogP contribution in [0.3, 0.4) is 0 Å². The molecule has 0 saturated carbocycles. The van der Waals surface area contributed by atoms with E-state index in [4.69, 9.17) is 9.05 Å². The fourth-order valence-corrected chi connectivity index (χ4v) is 15.6. The first-order chi connectivity index (χ1) is 40.6. The average molecular weight is 1280 g/mol. The predicted octanol–water partition coefficient (Wildman–Crippen LogP) is 22.6. The molecule has 0 heterocycles. The summed E-state index contributed by atoms with van der Waals surface area (Å²) >= 11 is 0. The van der Waals surface area contributed by atoms with Crippen molar-refractivity contribution in [3.05, 3.63) is 57.6 Å². The number of benzene rings is 2. The van der Waals surface area contributed by atoms with Crippen molar-refractivity contribution < 1.29 is 65.3 Å². The van der Waals surface area contributed by atoms with E-state index in [9.17, 15) is 47.6 Å². The molecule has 0 saturated heterocycles. The van der Waals surface area contributed by atoms with Gasteiger partial charge in [0.15, 0.2) is 0 Å². The number of unbranched alkanes of at least 4 members (excludes halogenated alkanes) is 40. The van der Waals surface area contributed by atoms with E-state index in [2.05, 4.69) is 50.2 Å². The van der Waals surface area contributed by atoms with Gasteiger partial charge in [0.25, 0.3) is 0 Å². The van der Waals surface area contributed by atoms with E-state index >= 15 is 0 Å². The molecule has 0 aliphatic rings. The van der Waals surface area contributed by atoms with E-state index < -0.39 is 36.7 Å². The minimum absolute atomic E-state index is 0.0508. The van der Waals surface area contributed by atoms with Gasteiger partial charge in [-0.2, -0.15) is 8.62 Å². The van der Waals surface area contributed by atoms with Crippen LogP contribution in [-0.4, -0.2) is 29.4 Å². The summed E-state index contributed by atoms with van der Waals surface area (Å²) in [5, 5.41) is 0. The molecule has 0 fully saturated rings. The lowest BCUT2D eigenvalue weighted by Crippen LogP contribution is -2.25. The molecule has 2 atom stereocenters. The summed E-state index contributed by atoms with van der Waals surface area (Å²) in [5.41, 5.74) is 4.46. The third kappa shape index (κ3) is 38.2. The highest BCUT2D eigenvalue weighted by atomic mass is 31.3. The van der Waals surface area contributed by atoms with Gasteiger partial charge in [0.2, 0.25) is 0 Å². The van der Waals surface area contributed by atoms with E-state index in [1.807, 2.05) is 12.1 Å². The van der Waals surface area contributed by atoms with E-state index in [0.717, 1.165) is 125 Å². The topological polar surface area (TPSA) is 227 Å². The highest BCUT2D eigenvalue weighted by Crippen LogP contribution is 2.59. The van der Waals surface area contributed by atoms with E-state index in [-0.39, 0.29) is 11.5 Å². The lowest BCUT2D eigenvalue weighted by atomic mass is 9.70. The fourth-order valence-electron chi connectivity index (χ4n) is 12.4. The lowest BCUT2D eigenvalue weighted by molar-refractivity contribution is 0.225. The zero-order valence-electron chi connectivity index (χ0n) is 54.5. The Hall–Kier alpha value is -1.36. The Morgan fingerprint density at radius 3 is 0.682 bits per heavy atom. The van der Waals surface area contributed by atoms with Gasteiger partial charge >= 0.3 is 31.3 Å². The molecular weight excluding hydrogens is 1150 g/mol. The van der Waals surface area contributed by atoms with Crippen molar-refractivity contribution in [2.75, 3.05) is 0 Å². The molecular formula is C67H124O14P4. The second kappa shape index (κ2) is 46.7. The van der Waals surface area contributed by atoms with Crippen LogP contribution in [0, 0.1) is 0 Å². The monoisotopic (exact) mass is 1280 g/mol. The number of rotatable bonds is 58. The molecule has 0 aliphatic heterocycles. The Bertz CT molecular complexity index is 2080. The molecule has 0 radical (unpaired) electrons. The first-order valence-corrected chi connectivity index (χ1v) is 40.5. The third-order valence-corrected chi connectivity index (χ3v) is 21.3. The van der Waals surface area contributed by atoms with Crippen LogP contribution < -0.4 is 9.05 Å². The highest BCUT2D eigenvalue weighted by Gasteiger charge is 2.38. The Morgan fingerprint density at radius 2 is 0.482 bits per heavy atom. The Kier molecular flexibility index (Phi) is 43.8. The second-order valence-electron chi connectivity index (χ2n) is 25.2. The van der Waals surface area contributed by atoms with Crippen LogP contribution in [-0.2, 0) is 58.0 Å². The number of phosphoric acid groups is 4. The predicted molar refractivity (Wildman–Crippen MR) is 353 cm³/mol. The first kappa shape index (κ1) is 79.7. The van der Waals surface area contributed by atoms with Crippen molar-refractivity contribution in [2.24, 2.45) is 0 Å². The standard InChI is InChI=1S/C67H124O14P4/c1-7-11-15-19-23-27-31-35-39-43-47-51-59-61(53-49-45-41-37-33-29-25-21-17-13-9-3)65(78-84(74,75)80-82(68,69)70)57-55-63(59)67(5,6)64-56-58-66(79-85(76,77)81-83(71,72)73)62(54-50-46-42-38-34-30-26-22-18-14-10-4)60(64)52-48-44-40-36-32-28-24-20-16-12-8-2/h55-58H,7-54H2,1-6H3,(H,74,75)(H,76,77)(H2,68,69,70)(H2,71,72,73). The molecule has 0 aliphatic carbocycles. The van der Waals surface area contributed by atoms with Crippen LogP contribution in [0.2, 0.25) is 0 Å². The van der Waals surface area contributed by atoms with Crippen LogP contribution >= 0.6 is 31.3 Å². The van der Waals surface area contributed by atoms with Crippen molar-refractivity contribution in [2.45, 2.75) is 355 Å². The summed E-state index contributed by atoms with van der Waals surface area (Å²) in [7, 11) is -21.5. The highest BCUT2D eigenvalue weighted by molar-refractivity contribution is 7.61. The van der Waals surface area contributed by atoms with Crippen molar-refractivity contribution >= 4 is 31.3 Å². The molecule has 2 aromatic carbocycles. The smallest absolute Gasteiger partial charge is 0.404 e. The minimum Gasteiger partial charge on any atom is -0.404 e. The molecule has 2 aromatic rings. The zero-order valence-corrected chi connectivity index (χ0v) is 58.1. The summed E-state index contributed by atoms with van der Waals surface area (Å²) in [4.78, 5) is 60.6. The Labute approximate surface area is 518 Å².